The molecule has 1 aliphatic rings. The Labute approximate surface area is 118 Å². The molecule has 2 rings (SSSR count). The first-order chi connectivity index (χ1) is 9.82. The van der Waals surface area contributed by atoms with Crippen molar-refractivity contribution in [2.75, 3.05) is 11.4 Å². The number of carboxylic acid groups (broad SMARTS) is 1. The molecule has 1 heterocycles. The molecule has 0 aromatic heterocycles. The molecule has 1 fully saturated rings. The number of anilines is 1. The number of amides is 2. The zero-order chi connectivity index (χ0) is 15.7. The Morgan fingerprint density at radius 3 is 2.71 bits per heavy atom. The maximum Gasteiger partial charge on any atom is 0.342 e. The third-order valence-corrected chi connectivity index (χ3v) is 3.16. The minimum absolute atomic E-state index is 0.0735. The highest BCUT2D eigenvalue weighted by Crippen LogP contribution is 2.33. The molecule has 9 heteroatoms. The number of benzene rings is 1. The van der Waals surface area contributed by atoms with Crippen LogP contribution in [0.5, 0.6) is 0 Å². The van der Waals surface area contributed by atoms with Crippen LogP contribution >= 0.6 is 0 Å². The average Bonchev–Trinajstić information content (AvgIpc) is 2.41. The highest BCUT2D eigenvalue weighted by atomic mass is 16.6. The number of imide groups is 1. The van der Waals surface area contributed by atoms with Crippen LogP contribution in [-0.2, 0) is 9.59 Å². The predicted octanol–water partition coefficient (Wildman–Crippen LogP) is 0.144. The van der Waals surface area contributed by atoms with Gasteiger partial charge in [-0.05, 0) is 19.1 Å². The number of carbonyl (C=O) groups is 3. The summed E-state index contributed by atoms with van der Waals surface area (Å²) in [6, 6.07) is 2.91. The van der Waals surface area contributed by atoms with E-state index in [4.69, 9.17) is 5.11 Å². The Kier molecular flexibility index (Phi) is 3.57. The summed E-state index contributed by atoms with van der Waals surface area (Å²) in [7, 11) is 0. The van der Waals surface area contributed by atoms with Crippen molar-refractivity contribution in [3.05, 3.63) is 33.9 Å². The molecule has 110 valence electrons. The fourth-order valence-corrected chi connectivity index (χ4v) is 2.14. The second-order valence-corrected chi connectivity index (χ2v) is 4.45. The van der Waals surface area contributed by atoms with Gasteiger partial charge in [-0.15, -0.1) is 0 Å². The predicted molar refractivity (Wildman–Crippen MR) is 70.0 cm³/mol. The molecule has 1 atom stereocenters. The highest BCUT2D eigenvalue weighted by molar-refractivity contribution is 6.05. The number of nitrogens with one attached hydrogen (secondary N) is 1. The zero-order valence-electron chi connectivity index (χ0n) is 10.9. The first-order valence-electron chi connectivity index (χ1n) is 5.94. The SMILES string of the molecule is CC1C(=O)NC(=O)CN1c1cccc(C(=O)O)c1[N+](=O)[O-]. The Morgan fingerprint density at radius 2 is 2.14 bits per heavy atom. The third-order valence-electron chi connectivity index (χ3n) is 3.16. The molecule has 1 unspecified atom stereocenters. The lowest BCUT2D eigenvalue weighted by atomic mass is 10.1. The molecular formula is C12H11N3O6. The van der Waals surface area contributed by atoms with Crippen molar-refractivity contribution < 1.29 is 24.4 Å². The topological polar surface area (TPSA) is 130 Å². The number of para-hydroxylation sites is 1. The van der Waals surface area contributed by atoms with Crippen LogP contribution in [0.3, 0.4) is 0 Å². The molecule has 9 nitrogen and oxygen atoms in total. The van der Waals surface area contributed by atoms with Crippen LogP contribution in [0.1, 0.15) is 17.3 Å². The number of hydrogen-bond donors (Lipinski definition) is 2. The molecule has 0 radical (unpaired) electrons. The molecule has 2 N–H and O–H groups in total. The van der Waals surface area contributed by atoms with E-state index >= 15 is 0 Å². The van der Waals surface area contributed by atoms with Crippen molar-refractivity contribution in [2.45, 2.75) is 13.0 Å². The van der Waals surface area contributed by atoms with Crippen molar-refractivity contribution in [1.29, 1.82) is 0 Å². The number of nitro groups is 1. The quantitative estimate of drug-likeness (QED) is 0.460. The van der Waals surface area contributed by atoms with Gasteiger partial charge in [-0.2, -0.15) is 0 Å². The zero-order valence-corrected chi connectivity index (χ0v) is 10.9. The maximum absolute atomic E-state index is 11.6. The largest absolute Gasteiger partial charge is 0.477 e. The summed E-state index contributed by atoms with van der Waals surface area (Å²) in [5, 5.41) is 22.3. The van der Waals surface area contributed by atoms with Crippen LogP contribution < -0.4 is 10.2 Å². The van der Waals surface area contributed by atoms with E-state index in [2.05, 4.69) is 5.32 Å². The van der Waals surface area contributed by atoms with E-state index in [0.29, 0.717) is 0 Å². The number of nitrogens with zero attached hydrogens (tertiary/aromatic N) is 2. The van der Waals surface area contributed by atoms with Crippen LogP contribution in [0, 0.1) is 10.1 Å². The van der Waals surface area contributed by atoms with E-state index < -0.39 is 40.0 Å². The molecule has 0 spiro atoms. The molecule has 1 aromatic rings. The van der Waals surface area contributed by atoms with Crippen molar-refractivity contribution in [3.63, 3.8) is 0 Å². The van der Waals surface area contributed by atoms with E-state index in [0.717, 1.165) is 6.07 Å². The number of hydrogen-bond acceptors (Lipinski definition) is 6. The summed E-state index contributed by atoms with van der Waals surface area (Å²) >= 11 is 0. The van der Waals surface area contributed by atoms with Gasteiger partial charge in [0.1, 0.15) is 17.3 Å². The summed E-state index contributed by atoms with van der Waals surface area (Å²) in [4.78, 5) is 45.7. The lowest BCUT2D eigenvalue weighted by Crippen LogP contribution is -2.57. The van der Waals surface area contributed by atoms with Gasteiger partial charge >= 0.3 is 11.7 Å². The number of carbonyl (C=O) groups excluding carboxylic acids is 2. The lowest BCUT2D eigenvalue weighted by Gasteiger charge is -2.33. The Hall–Kier alpha value is -2.97. The molecule has 0 aliphatic carbocycles. The Balaban J connectivity index is 2.60. The number of nitro benzene ring substituents is 1. The average molecular weight is 293 g/mol. The van der Waals surface area contributed by atoms with Crippen molar-refractivity contribution >= 4 is 29.2 Å². The Morgan fingerprint density at radius 1 is 1.48 bits per heavy atom. The fourth-order valence-electron chi connectivity index (χ4n) is 2.14. The normalized spacial score (nSPS) is 18.3. The summed E-state index contributed by atoms with van der Waals surface area (Å²) in [6.45, 7) is 1.20. The van der Waals surface area contributed by atoms with Gasteiger partial charge in [0.25, 0.3) is 0 Å². The minimum Gasteiger partial charge on any atom is -0.477 e. The molecule has 1 aliphatic heterocycles. The fraction of sp³-hybridized carbons (Fsp3) is 0.250. The van der Waals surface area contributed by atoms with Gasteiger partial charge in [0.15, 0.2) is 0 Å². The lowest BCUT2D eigenvalue weighted by molar-refractivity contribution is -0.384. The number of carboxylic acids is 1. The van der Waals surface area contributed by atoms with Crippen molar-refractivity contribution in [3.8, 4) is 0 Å². The van der Waals surface area contributed by atoms with E-state index in [1.807, 2.05) is 0 Å². The van der Waals surface area contributed by atoms with Gasteiger partial charge in [0, 0.05) is 0 Å². The first-order valence-corrected chi connectivity index (χ1v) is 5.94. The number of rotatable bonds is 3. The molecule has 0 saturated carbocycles. The van der Waals surface area contributed by atoms with Gasteiger partial charge < -0.3 is 10.0 Å². The summed E-state index contributed by atoms with van der Waals surface area (Å²) in [6.07, 6.45) is 0. The van der Waals surface area contributed by atoms with Gasteiger partial charge in [0.05, 0.1) is 11.5 Å². The molecule has 2 amide bonds. The second-order valence-electron chi connectivity index (χ2n) is 4.45. The van der Waals surface area contributed by atoms with Gasteiger partial charge in [0.2, 0.25) is 11.8 Å². The smallest absolute Gasteiger partial charge is 0.342 e. The molecule has 1 aromatic carbocycles. The monoisotopic (exact) mass is 293 g/mol. The van der Waals surface area contributed by atoms with Crippen LogP contribution in [0.2, 0.25) is 0 Å². The highest BCUT2D eigenvalue weighted by Gasteiger charge is 2.36. The number of piperazine rings is 1. The van der Waals surface area contributed by atoms with E-state index in [1.54, 1.807) is 0 Å². The van der Waals surface area contributed by atoms with E-state index in [-0.39, 0.29) is 12.2 Å². The Bertz CT molecular complexity index is 656. The molecule has 21 heavy (non-hydrogen) atoms. The van der Waals surface area contributed by atoms with E-state index in [1.165, 1.54) is 24.0 Å². The maximum atomic E-state index is 11.6. The third kappa shape index (κ3) is 2.53. The first kappa shape index (κ1) is 14.4. The number of aromatic carboxylic acids is 1. The summed E-state index contributed by atoms with van der Waals surface area (Å²) < 4.78 is 0. The standard InChI is InChI=1S/C12H11N3O6/c1-6-11(17)13-9(16)5-14(6)8-4-2-3-7(12(18)19)10(8)15(20)21/h2-4,6H,5H2,1H3,(H,18,19)(H,13,16,17). The van der Waals surface area contributed by atoms with Crippen molar-refractivity contribution in [1.82, 2.24) is 5.32 Å². The van der Waals surface area contributed by atoms with Gasteiger partial charge in [-0.3, -0.25) is 25.0 Å². The molecule has 0 bridgehead atoms. The van der Waals surface area contributed by atoms with Gasteiger partial charge in [-0.1, -0.05) is 6.07 Å². The molecular weight excluding hydrogens is 282 g/mol. The van der Waals surface area contributed by atoms with Crippen molar-refractivity contribution in [2.24, 2.45) is 0 Å². The van der Waals surface area contributed by atoms with Crippen LogP contribution in [0.15, 0.2) is 18.2 Å². The summed E-state index contributed by atoms with van der Waals surface area (Å²) in [5.74, 6) is -2.65. The molecule has 1 saturated heterocycles. The van der Waals surface area contributed by atoms with E-state index in [9.17, 15) is 24.5 Å². The van der Waals surface area contributed by atoms with Crippen LogP contribution in [0.4, 0.5) is 11.4 Å². The second kappa shape index (κ2) is 5.19. The summed E-state index contributed by atoms with van der Waals surface area (Å²) in [5.41, 5.74) is -1.21. The van der Waals surface area contributed by atoms with Crippen LogP contribution in [-0.4, -0.2) is 40.4 Å². The van der Waals surface area contributed by atoms with Gasteiger partial charge in [-0.25, -0.2) is 4.79 Å². The van der Waals surface area contributed by atoms with Crippen LogP contribution in [0.25, 0.3) is 0 Å². The minimum atomic E-state index is -1.45.